The van der Waals surface area contributed by atoms with Crippen LogP contribution in [0.5, 0.6) is 17.2 Å². The molecule has 0 saturated heterocycles. The Labute approximate surface area is 161 Å². The summed E-state index contributed by atoms with van der Waals surface area (Å²) in [5, 5.41) is 20.5. The normalized spacial score (nSPS) is 13.2. The lowest BCUT2D eigenvalue weighted by Crippen LogP contribution is -2.21. The Morgan fingerprint density at radius 2 is 1.39 bits per heavy atom. The molecule has 0 amide bonds. The predicted molar refractivity (Wildman–Crippen MR) is 99.3 cm³/mol. The van der Waals surface area contributed by atoms with E-state index in [1.165, 1.54) is 18.2 Å². The van der Waals surface area contributed by atoms with Crippen LogP contribution in [0.1, 0.15) is 51.3 Å². The highest BCUT2D eigenvalue weighted by atomic mass is 31.2. The molecule has 1 aliphatic carbocycles. The van der Waals surface area contributed by atoms with E-state index < -0.39 is 25.1 Å². The third-order valence-electron chi connectivity index (χ3n) is 4.09. The first-order chi connectivity index (χ1) is 13.2. The van der Waals surface area contributed by atoms with Crippen LogP contribution in [-0.4, -0.2) is 35.0 Å². The van der Waals surface area contributed by atoms with Crippen LogP contribution in [0.3, 0.4) is 0 Å². The number of phenolic OH excluding ortho intramolecular Hbond substituents is 2. The van der Waals surface area contributed by atoms with Gasteiger partial charge in [-0.2, -0.15) is 0 Å². The maximum absolute atomic E-state index is 12.9. The van der Waals surface area contributed by atoms with Crippen LogP contribution in [0.25, 0.3) is 0 Å². The Bertz CT molecular complexity index is 1020. The number of phenols is 2. The van der Waals surface area contributed by atoms with E-state index in [-0.39, 0.29) is 47.0 Å². The number of aromatic hydroxyl groups is 2. The van der Waals surface area contributed by atoms with E-state index in [0.29, 0.717) is 5.56 Å². The zero-order valence-corrected chi connectivity index (χ0v) is 16.4. The minimum atomic E-state index is -3.96. The van der Waals surface area contributed by atoms with E-state index in [4.69, 9.17) is 13.6 Å². The van der Waals surface area contributed by atoms with E-state index in [1.807, 2.05) is 0 Å². The molecule has 0 aliphatic heterocycles. The third-order valence-corrected chi connectivity index (χ3v) is 5.67. The summed E-state index contributed by atoms with van der Waals surface area (Å²) in [6, 6.07) is 5.09. The third kappa shape index (κ3) is 3.42. The lowest BCUT2D eigenvalue weighted by Gasteiger charge is -2.22. The van der Waals surface area contributed by atoms with Crippen LogP contribution >= 0.6 is 7.82 Å². The quantitative estimate of drug-likeness (QED) is 0.594. The van der Waals surface area contributed by atoms with Gasteiger partial charge in [-0.3, -0.25) is 18.6 Å². The minimum Gasteiger partial charge on any atom is -0.507 e. The maximum atomic E-state index is 12.9. The van der Waals surface area contributed by atoms with Gasteiger partial charge >= 0.3 is 7.82 Å². The fourth-order valence-corrected chi connectivity index (χ4v) is 4.24. The summed E-state index contributed by atoms with van der Waals surface area (Å²) in [5.41, 5.74) is 0.0593. The van der Waals surface area contributed by atoms with Crippen LogP contribution in [0, 0.1) is 6.92 Å². The van der Waals surface area contributed by atoms with Crippen LogP contribution in [0.15, 0.2) is 24.3 Å². The van der Waals surface area contributed by atoms with E-state index in [9.17, 15) is 24.4 Å². The van der Waals surface area contributed by atoms with Gasteiger partial charge in [0.05, 0.1) is 24.3 Å². The fourth-order valence-electron chi connectivity index (χ4n) is 3.06. The van der Waals surface area contributed by atoms with Gasteiger partial charge in [-0.1, -0.05) is 0 Å². The Kier molecular flexibility index (Phi) is 5.30. The van der Waals surface area contributed by atoms with Crippen molar-refractivity contribution in [1.29, 1.82) is 0 Å². The summed E-state index contributed by atoms with van der Waals surface area (Å²) >= 11 is 0. The summed E-state index contributed by atoms with van der Waals surface area (Å²) in [5.74, 6) is -2.30. The number of hydrogen-bond donors (Lipinski definition) is 2. The number of ketones is 2. The summed E-state index contributed by atoms with van der Waals surface area (Å²) in [6.07, 6.45) is 0. The Morgan fingerprint density at radius 1 is 0.857 bits per heavy atom. The molecule has 0 spiro atoms. The second-order valence-corrected chi connectivity index (χ2v) is 7.70. The Hall–Kier alpha value is -2.67. The van der Waals surface area contributed by atoms with Gasteiger partial charge in [0.2, 0.25) is 5.78 Å². The number of aryl methyl sites for hydroxylation is 1. The van der Waals surface area contributed by atoms with Gasteiger partial charge in [0, 0.05) is 17.2 Å². The second kappa shape index (κ2) is 7.39. The maximum Gasteiger partial charge on any atom is 0.530 e. The van der Waals surface area contributed by atoms with Crippen molar-refractivity contribution < 1.29 is 37.9 Å². The molecule has 8 nitrogen and oxygen atoms in total. The first-order valence-electron chi connectivity index (χ1n) is 8.59. The topological polar surface area (TPSA) is 119 Å². The van der Waals surface area contributed by atoms with E-state index in [1.54, 1.807) is 20.8 Å². The van der Waals surface area contributed by atoms with Crippen molar-refractivity contribution in [2.75, 3.05) is 13.2 Å². The lowest BCUT2D eigenvalue weighted by atomic mass is 9.82. The van der Waals surface area contributed by atoms with Crippen molar-refractivity contribution >= 4 is 19.4 Å². The van der Waals surface area contributed by atoms with Gasteiger partial charge in [-0.25, -0.2) is 4.57 Å². The molecule has 0 radical (unpaired) electrons. The van der Waals surface area contributed by atoms with E-state index in [2.05, 4.69) is 0 Å². The summed E-state index contributed by atoms with van der Waals surface area (Å²) in [6.45, 7) is 4.99. The average molecular weight is 406 g/mol. The molecule has 0 fully saturated rings. The van der Waals surface area contributed by atoms with Gasteiger partial charge in [0.1, 0.15) is 17.2 Å². The molecule has 0 bridgehead atoms. The Balaban J connectivity index is 2.11. The zero-order valence-electron chi connectivity index (χ0n) is 15.5. The van der Waals surface area contributed by atoms with Crippen molar-refractivity contribution in [2.45, 2.75) is 20.8 Å². The monoisotopic (exact) mass is 406 g/mol. The van der Waals surface area contributed by atoms with Crippen molar-refractivity contribution in [3.8, 4) is 17.2 Å². The van der Waals surface area contributed by atoms with Crippen molar-refractivity contribution in [3.63, 3.8) is 0 Å². The fraction of sp³-hybridized carbons (Fsp3) is 0.263. The molecular weight excluding hydrogens is 387 g/mol. The standard InChI is InChI=1S/C19H19O8P/c1-4-25-28(24,26-5-2)27-11-8-13-17(15(21)9-11)19(23)16-12(18(13)22)6-10(3)7-14(16)20/h6-9,20-21H,4-5H2,1-3H3. The number of phosphoric ester groups is 1. The molecule has 9 heteroatoms. The first kappa shape index (κ1) is 20.1. The number of carbonyl (C=O) groups is 2. The van der Waals surface area contributed by atoms with Gasteiger partial charge in [0.15, 0.2) is 5.78 Å². The predicted octanol–water partition coefficient (Wildman–Crippen LogP) is 3.74. The lowest BCUT2D eigenvalue weighted by molar-refractivity contribution is 0.0974. The zero-order chi connectivity index (χ0) is 20.6. The molecule has 0 saturated carbocycles. The molecule has 0 unspecified atom stereocenters. The summed E-state index contributed by atoms with van der Waals surface area (Å²) < 4.78 is 27.9. The molecule has 3 rings (SSSR count). The van der Waals surface area contributed by atoms with Gasteiger partial charge in [-0.15, -0.1) is 0 Å². The van der Waals surface area contributed by atoms with Crippen LogP contribution in [0.4, 0.5) is 0 Å². The molecule has 2 aromatic carbocycles. The Morgan fingerprint density at radius 3 is 1.96 bits per heavy atom. The molecule has 2 N–H and O–H groups in total. The van der Waals surface area contributed by atoms with Crippen LogP contribution in [-0.2, 0) is 13.6 Å². The van der Waals surface area contributed by atoms with Gasteiger partial charge < -0.3 is 14.7 Å². The van der Waals surface area contributed by atoms with E-state index in [0.717, 1.165) is 6.07 Å². The molecule has 2 aromatic rings. The number of benzene rings is 2. The molecule has 0 heterocycles. The number of phosphoric acid groups is 1. The largest absolute Gasteiger partial charge is 0.530 e. The number of fused-ring (bicyclic) bond motifs is 2. The number of carbonyl (C=O) groups excluding carboxylic acids is 2. The summed E-state index contributed by atoms with van der Waals surface area (Å²) in [4.78, 5) is 25.7. The highest BCUT2D eigenvalue weighted by Crippen LogP contribution is 2.50. The van der Waals surface area contributed by atoms with Crippen molar-refractivity contribution in [1.82, 2.24) is 0 Å². The van der Waals surface area contributed by atoms with Gasteiger partial charge in [0.25, 0.3) is 0 Å². The number of hydrogen-bond acceptors (Lipinski definition) is 8. The molecule has 148 valence electrons. The minimum absolute atomic E-state index is 0.0179. The SMILES string of the molecule is CCOP(=O)(OCC)Oc1cc(O)c2c(c1)C(=O)c1cc(C)cc(O)c1C2=O. The molecule has 0 aromatic heterocycles. The average Bonchev–Trinajstić information content (AvgIpc) is 2.58. The highest BCUT2D eigenvalue weighted by Gasteiger charge is 2.36. The summed E-state index contributed by atoms with van der Waals surface area (Å²) in [7, 11) is -3.96. The molecule has 1 aliphatic rings. The number of rotatable bonds is 6. The molecule has 0 atom stereocenters. The highest BCUT2D eigenvalue weighted by molar-refractivity contribution is 7.48. The second-order valence-electron chi connectivity index (χ2n) is 6.10. The van der Waals surface area contributed by atoms with Crippen molar-refractivity contribution in [2.24, 2.45) is 0 Å². The smallest absolute Gasteiger partial charge is 0.507 e. The molecule has 28 heavy (non-hydrogen) atoms. The van der Waals surface area contributed by atoms with Crippen LogP contribution in [0.2, 0.25) is 0 Å². The van der Waals surface area contributed by atoms with Gasteiger partial charge in [-0.05, 0) is 44.5 Å². The van der Waals surface area contributed by atoms with Crippen LogP contribution < -0.4 is 4.52 Å². The van der Waals surface area contributed by atoms with Crippen molar-refractivity contribution in [3.05, 3.63) is 52.1 Å². The van der Waals surface area contributed by atoms with E-state index >= 15 is 0 Å². The molecular formula is C19H19O8P. The first-order valence-corrected chi connectivity index (χ1v) is 10.1.